The Hall–Kier alpha value is -3.14. The molecule has 0 spiro atoms. The Labute approximate surface area is 205 Å². The van der Waals surface area contributed by atoms with E-state index in [4.69, 9.17) is 17.0 Å². The third-order valence-corrected chi connectivity index (χ3v) is 6.54. The van der Waals surface area contributed by atoms with Crippen LogP contribution in [-0.4, -0.2) is 28.4 Å². The number of hydrogen-bond donors (Lipinski definition) is 3. The summed E-state index contributed by atoms with van der Waals surface area (Å²) in [5.41, 5.74) is 2.61. The molecular weight excluding hydrogens is 472 g/mol. The smallest absolute Gasteiger partial charge is 0.236 e. The number of benzene rings is 3. The number of thiocarbonyl (C=S) groups is 1. The number of anilines is 3. The van der Waals surface area contributed by atoms with Gasteiger partial charge in [0.25, 0.3) is 0 Å². The molecule has 1 amide bonds. The molecule has 0 aliphatic carbocycles. The van der Waals surface area contributed by atoms with E-state index in [9.17, 15) is 4.79 Å². The first-order valence-electron chi connectivity index (χ1n) is 10.3. The van der Waals surface area contributed by atoms with Crippen molar-refractivity contribution in [3.05, 3.63) is 72.8 Å². The zero-order valence-electron chi connectivity index (χ0n) is 17.8. The molecule has 1 aromatic heterocycles. The van der Waals surface area contributed by atoms with E-state index in [1.165, 1.54) is 23.1 Å². The zero-order chi connectivity index (χ0) is 23.0. The molecule has 9 heteroatoms. The summed E-state index contributed by atoms with van der Waals surface area (Å²) in [4.78, 5) is 17.9. The molecule has 0 unspecified atom stereocenters. The molecule has 4 aromatic rings. The van der Waals surface area contributed by atoms with Crippen molar-refractivity contribution in [2.24, 2.45) is 0 Å². The number of nitrogens with zero attached hydrogens (tertiary/aromatic N) is 1. The predicted octanol–water partition coefficient (Wildman–Crippen LogP) is 6.23. The van der Waals surface area contributed by atoms with E-state index in [1.807, 2.05) is 79.7 Å². The maximum absolute atomic E-state index is 12.5. The van der Waals surface area contributed by atoms with Gasteiger partial charge in [0.2, 0.25) is 5.91 Å². The van der Waals surface area contributed by atoms with Gasteiger partial charge in [0.05, 0.1) is 22.6 Å². The highest BCUT2D eigenvalue weighted by Crippen LogP contribution is 2.29. The summed E-state index contributed by atoms with van der Waals surface area (Å²) in [6.07, 6.45) is 0. The van der Waals surface area contributed by atoms with Crippen molar-refractivity contribution in [2.45, 2.75) is 11.8 Å². The highest BCUT2D eigenvalue weighted by atomic mass is 32.2. The first-order chi connectivity index (χ1) is 16.1. The minimum absolute atomic E-state index is 0.108. The van der Waals surface area contributed by atoms with Crippen molar-refractivity contribution in [3.63, 3.8) is 0 Å². The van der Waals surface area contributed by atoms with Crippen LogP contribution in [0.3, 0.4) is 0 Å². The quantitative estimate of drug-likeness (QED) is 0.198. The summed E-state index contributed by atoms with van der Waals surface area (Å²) < 4.78 is 6.50. The number of carbonyl (C=O) groups excluding carboxylic acids is 1. The zero-order valence-corrected chi connectivity index (χ0v) is 20.3. The molecule has 3 aromatic carbocycles. The van der Waals surface area contributed by atoms with Crippen LogP contribution in [0.15, 0.2) is 77.7 Å². The molecule has 33 heavy (non-hydrogen) atoms. The molecule has 0 radical (unpaired) electrons. The second-order valence-electron chi connectivity index (χ2n) is 6.89. The second-order valence-corrected chi connectivity index (χ2v) is 9.38. The summed E-state index contributed by atoms with van der Waals surface area (Å²) in [6, 6.07) is 23.2. The molecular formula is C24H22N4O2S3. The van der Waals surface area contributed by atoms with Crippen molar-refractivity contribution < 1.29 is 9.53 Å². The highest BCUT2D eigenvalue weighted by molar-refractivity contribution is 8.00. The number of carbonyl (C=O) groups is 1. The summed E-state index contributed by atoms with van der Waals surface area (Å²) >= 11 is 8.27. The summed E-state index contributed by atoms with van der Waals surface area (Å²) in [5.74, 6) is 0.966. The fraction of sp³-hybridized carbons (Fsp3) is 0.125. The largest absolute Gasteiger partial charge is 0.494 e. The van der Waals surface area contributed by atoms with Crippen molar-refractivity contribution in [2.75, 3.05) is 28.3 Å². The molecule has 0 fully saturated rings. The lowest BCUT2D eigenvalue weighted by Gasteiger charge is -2.11. The molecule has 0 atom stereocenters. The fourth-order valence-electron chi connectivity index (χ4n) is 3.00. The third-order valence-electron chi connectivity index (χ3n) is 4.41. The maximum atomic E-state index is 12.5. The molecule has 0 saturated carbocycles. The van der Waals surface area contributed by atoms with Gasteiger partial charge in [-0.1, -0.05) is 35.6 Å². The molecule has 0 aliphatic rings. The normalized spacial score (nSPS) is 10.6. The number of amides is 1. The van der Waals surface area contributed by atoms with Crippen LogP contribution in [-0.2, 0) is 4.79 Å². The molecule has 0 saturated heterocycles. The van der Waals surface area contributed by atoms with Gasteiger partial charge in [0.15, 0.2) is 10.2 Å². The van der Waals surface area contributed by atoms with Gasteiger partial charge in [0, 0.05) is 16.3 Å². The third kappa shape index (κ3) is 6.67. The van der Waals surface area contributed by atoms with Gasteiger partial charge in [0.1, 0.15) is 5.75 Å². The number of thiazole rings is 1. The van der Waals surface area contributed by atoms with Gasteiger partial charge in [-0.3, -0.25) is 4.79 Å². The van der Waals surface area contributed by atoms with Crippen LogP contribution in [0.1, 0.15) is 6.92 Å². The van der Waals surface area contributed by atoms with E-state index in [1.54, 1.807) is 0 Å². The van der Waals surface area contributed by atoms with Crippen molar-refractivity contribution in [1.29, 1.82) is 0 Å². The van der Waals surface area contributed by atoms with E-state index < -0.39 is 0 Å². The van der Waals surface area contributed by atoms with Crippen LogP contribution in [0.25, 0.3) is 10.2 Å². The van der Waals surface area contributed by atoms with Crippen LogP contribution in [0.2, 0.25) is 0 Å². The molecule has 6 nitrogen and oxygen atoms in total. The molecule has 0 bridgehead atoms. The summed E-state index contributed by atoms with van der Waals surface area (Å²) in [7, 11) is 0. The predicted molar refractivity (Wildman–Crippen MR) is 143 cm³/mol. The van der Waals surface area contributed by atoms with Crippen LogP contribution in [0, 0.1) is 0 Å². The first-order valence-corrected chi connectivity index (χ1v) is 12.5. The first kappa shape index (κ1) is 23.0. The standard InChI is InChI=1S/C24H22N4O2S3/c1-2-30-18-11-12-20-21(14-18)33-24(27-20)28-22(29)15-32-19-10-6-9-17(13-19)26-23(31)25-16-7-4-3-5-8-16/h3-14H,2,15H2,1H3,(H2,25,26,31)(H,27,28,29). The fourth-order valence-corrected chi connectivity index (χ4v) is 4.90. The van der Waals surface area contributed by atoms with E-state index in [-0.39, 0.29) is 11.7 Å². The lowest BCUT2D eigenvalue weighted by atomic mass is 10.3. The molecule has 3 N–H and O–H groups in total. The number of fused-ring (bicyclic) bond motifs is 1. The van der Waals surface area contributed by atoms with Crippen molar-refractivity contribution >= 4 is 73.1 Å². The Morgan fingerprint density at radius 1 is 1.00 bits per heavy atom. The molecule has 4 rings (SSSR count). The number of thioether (sulfide) groups is 1. The number of nitrogens with one attached hydrogen (secondary N) is 3. The number of ether oxygens (including phenoxy) is 1. The molecule has 0 aliphatic heterocycles. The van der Waals surface area contributed by atoms with Crippen molar-refractivity contribution in [1.82, 2.24) is 4.98 Å². The van der Waals surface area contributed by atoms with E-state index >= 15 is 0 Å². The lowest BCUT2D eigenvalue weighted by Crippen LogP contribution is -2.19. The van der Waals surface area contributed by atoms with Crippen LogP contribution in [0.5, 0.6) is 5.75 Å². The Bertz CT molecular complexity index is 1260. The minimum atomic E-state index is -0.108. The minimum Gasteiger partial charge on any atom is -0.494 e. The maximum Gasteiger partial charge on any atom is 0.236 e. The Morgan fingerprint density at radius 3 is 2.61 bits per heavy atom. The number of aromatic nitrogens is 1. The van der Waals surface area contributed by atoms with Crippen LogP contribution < -0.4 is 20.7 Å². The summed E-state index contributed by atoms with van der Waals surface area (Å²) in [6.45, 7) is 2.55. The van der Waals surface area contributed by atoms with Gasteiger partial charge in [-0.25, -0.2) is 4.98 Å². The Morgan fingerprint density at radius 2 is 1.79 bits per heavy atom. The van der Waals surface area contributed by atoms with Gasteiger partial charge in [-0.05, 0) is 67.7 Å². The van der Waals surface area contributed by atoms with Crippen LogP contribution >= 0.6 is 35.3 Å². The van der Waals surface area contributed by atoms with Crippen LogP contribution in [0.4, 0.5) is 16.5 Å². The van der Waals surface area contributed by atoms with Gasteiger partial charge >= 0.3 is 0 Å². The average Bonchev–Trinajstić information content (AvgIpc) is 3.20. The van der Waals surface area contributed by atoms with E-state index in [0.29, 0.717) is 16.9 Å². The average molecular weight is 495 g/mol. The monoisotopic (exact) mass is 494 g/mol. The lowest BCUT2D eigenvalue weighted by molar-refractivity contribution is -0.113. The number of hydrogen-bond acceptors (Lipinski definition) is 6. The number of rotatable bonds is 8. The molecule has 168 valence electrons. The second kappa shape index (κ2) is 11.1. The number of para-hydroxylation sites is 1. The summed E-state index contributed by atoms with van der Waals surface area (Å²) in [5, 5.41) is 10.3. The SMILES string of the molecule is CCOc1ccc2nc(NC(=O)CSc3cccc(NC(=S)Nc4ccccc4)c3)sc2c1. The van der Waals surface area contributed by atoms with E-state index in [2.05, 4.69) is 20.9 Å². The molecule has 1 heterocycles. The van der Waals surface area contributed by atoms with Gasteiger partial charge in [-0.15, -0.1) is 11.8 Å². The topological polar surface area (TPSA) is 75.3 Å². The Balaban J connectivity index is 1.30. The highest BCUT2D eigenvalue weighted by Gasteiger charge is 2.10. The van der Waals surface area contributed by atoms with Gasteiger partial charge in [-0.2, -0.15) is 0 Å². The van der Waals surface area contributed by atoms with Crippen molar-refractivity contribution in [3.8, 4) is 5.75 Å². The Kier molecular flexibility index (Phi) is 7.77. The van der Waals surface area contributed by atoms with Gasteiger partial charge < -0.3 is 20.7 Å². The van der Waals surface area contributed by atoms with E-state index in [0.717, 1.165) is 32.2 Å².